The zero-order valence-electron chi connectivity index (χ0n) is 10.5. The highest BCUT2D eigenvalue weighted by Crippen LogP contribution is 2.19. The molecule has 3 aromatic rings. The summed E-state index contributed by atoms with van der Waals surface area (Å²) in [6, 6.07) is 7.98. The molecule has 0 saturated carbocycles. The molecular formula is C14H14N4O. The van der Waals surface area contributed by atoms with Crippen molar-refractivity contribution in [2.75, 3.05) is 0 Å². The first-order chi connectivity index (χ1) is 9.22. The van der Waals surface area contributed by atoms with Gasteiger partial charge in [-0.3, -0.25) is 0 Å². The van der Waals surface area contributed by atoms with E-state index in [1.54, 1.807) is 13.1 Å². The van der Waals surface area contributed by atoms with Crippen LogP contribution in [-0.4, -0.2) is 31.1 Å². The quantitative estimate of drug-likeness (QED) is 0.749. The molecule has 0 radical (unpaired) electrons. The predicted octanol–water partition coefficient (Wildman–Crippen LogP) is 1.94. The minimum absolute atomic E-state index is 0.327. The van der Waals surface area contributed by atoms with Crippen LogP contribution in [0.1, 0.15) is 12.5 Å². The van der Waals surface area contributed by atoms with Crippen LogP contribution in [0.4, 0.5) is 0 Å². The lowest BCUT2D eigenvalue weighted by Gasteiger charge is -2.04. The summed E-state index contributed by atoms with van der Waals surface area (Å²) in [5.41, 5.74) is 3.59. The van der Waals surface area contributed by atoms with Gasteiger partial charge in [-0.2, -0.15) is 0 Å². The number of rotatable bonds is 3. The van der Waals surface area contributed by atoms with Gasteiger partial charge < -0.3 is 10.1 Å². The summed E-state index contributed by atoms with van der Waals surface area (Å²) in [6.45, 7) is 1.78. The van der Waals surface area contributed by atoms with E-state index in [0.717, 1.165) is 22.5 Å². The summed E-state index contributed by atoms with van der Waals surface area (Å²) in [6.07, 6.45) is 3.53. The Hall–Kier alpha value is -2.27. The zero-order valence-corrected chi connectivity index (χ0v) is 10.5. The molecule has 1 aromatic carbocycles. The number of aliphatic hydroxyl groups excluding tert-OH is 1. The normalized spacial score (nSPS) is 12.7. The van der Waals surface area contributed by atoms with Crippen LogP contribution in [-0.2, 0) is 6.42 Å². The Morgan fingerprint density at radius 2 is 2.05 bits per heavy atom. The van der Waals surface area contributed by atoms with Gasteiger partial charge in [0.15, 0.2) is 5.65 Å². The molecule has 0 fully saturated rings. The molecule has 3 rings (SSSR count). The van der Waals surface area contributed by atoms with E-state index in [1.165, 1.54) is 6.33 Å². The van der Waals surface area contributed by atoms with Gasteiger partial charge in [0.2, 0.25) is 0 Å². The van der Waals surface area contributed by atoms with E-state index < -0.39 is 0 Å². The molecule has 0 saturated heterocycles. The number of hydrogen-bond donors (Lipinski definition) is 2. The third-order valence-electron chi connectivity index (χ3n) is 2.92. The number of H-pyrrole nitrogens is 1. The molecule has 5 heteroatoms. The highest BCUT2D eigenvalue weighted by Gasteiger charge is 2.06. The lowest BCUT2D eigenvalue weighted by molar-refractivity contribution is 0.195. The molecule has 96 valence electrons. The van der Waals surface area contributed by atoms with Crippen molar-refractivity contribution < 1.29 is 5.11 Å². The fraction of sp³-hybridized carbons (Fsp3) is 0.214. The van der Waals surface area contributed by atoms with Gasteiger partial charge in [-0.15, -0.1) is 0 Å². The number of aliphatic hydroxyl groups is 1. The number of aromatic nitrogens is 4. The average molecular weight is 254 g/mol. The molecule has 2 heterocycles. The maximum atomic E-state index is 9.35. The van der Waals surface area contributed by atoms with Crippen molar-refractivity contribution in [3.8, 4) is 11.4 Å². The molecule has 0 bridgehead atoms. The Labute approximate surface area is 110 Å². The van der Waals surface area contributed by atoms with Gasteiger partial charge in [-0.25, -0.2) is 15.0 Å². The molecule has 5 nitrogen and oxygen atoms in total. The van der Waals surface area contributed by atoms with E-state index in [0.29, 0.717) is 12.1 Å². The Balaban J connectivity index is 1.93. The van der Waals surface area contributed by atoms with Crippen molar-refractivity contribution in [3.05, 3.63) is 42.4 Å². The van der Waals surface area contributed by atoms with E-state index in [-0.39, 0.29) is 6.10 Å². The van der Waals surface area contributed by atoms with Gasteiger partial charge >= 0.3 is 0 Å². The zero-order chi connectivity index (χ0) is 13.2. The topological polar surface area (TPSA) is 74.7 Å². The van der Waals surface area contributed by atoms with E-state index >= 15 is 0 Å². The first-order valence-electron chi connectivity index (χ1n) is 6.15. The number of nitrogens with one attached hydrogen (secondary N) is 1. The molecule has 19 heavy (non-hydrogen) atoms. The van der Waals surface area contributed by atoms with Crippen LogP contribution in [0.5, 0.6) is 0 Å². The molecule has 0 aliphatic carbocycles. The van der Waals surface area contributed by atoms with Crippen LogP contribution in [0, 0.1) is 0 Å². The number of aromatic amines is 1. The lowest BCUT2D eigenvalue weighted by Crippen LogP contribution is -2.03. The van der Waals surface area contributed by atoms with Gasteiger partial charge in [0.05, 0.1) is 12.3 Å². The van der Waals surface area contributed by atoms with Gasteiger partial charge in [0, 0.05) is 5.56 Å². The summed E-state index contributed by atoms with van der Waals surface area (Å²) in [5.74, 6) is 0.777. The van der Waals surface area contributed by atoms with E-state index in [2.05, 4.69) is 19.9 Å². The second-order valence-electron chi connectivity index (χ2n) is 4.60. The van der Waals surface area contributed by atoms with Crippen LogP contribution >= 0.6 is 0 Å². The highest BCUT2D eigenvalue weighted by molar-refractivity contribution is 5.74. The second kappa shape index (κ2) is 4.78. The predicted molar refractivity (Wildman–Crippen MR) is 72.5 cm³/mol. The third-order valence-corrected chi connectivity index (χ3v) is 2.92. The minimum atomic E-state index is -0.327. The van der Waals surface area contributed by atoms with Gasteiger partial charge in [-0.05, 0) is 18.9 Å². The Kier molecular flexibility index (Phi) is 2.97. The minimum Gasteiger partial charge on any atom is -0.393 e. The fourth-order valence-electron chi connectivity index (χ4n) is 2.04. The van der Waals surface area contributed by atoms with Gasteiger partial charge in [0.1, 0.15) is 17.7 Å². The second-order valence-corrected chi connectivity index (χ2v) is 4.60. The SMILES string of the molecule is CC(O)Cc1ccc(-c2nc3ncncc3[nH]2)cc1. The third kappa shape index (κ3) is 2.46. The fourth-order valence-corrected chi connectivity index (χ4v) is 2.04. The van der Waals surface area contributed by atoms with Crippen molar-refractivity contribution in [3.63, 3.8) is 0 Å². The average Bonchev–Trinajstić information content (AvgIpc) is 2.82. The van der Waals surface area contributed by atoms with E-state index in [4.69, 9.17) is 0 Å². The highest BCUT2D eigenvalue weighted by atomic mass is 16.3. The van der Waals surface area contributed by atoms with E-state index in [1.807, 2.05) is 24.3 Å². The molecule has 0 aliphatic rings. The maximum absolute atomic E-state index is 9.35. The summed E-state index contributed by atoms with van der Waals surface area (Å²) in [4.78, 5) is 15.7. The van der Waals surface area contributed by atoms with E-state index in [9.17, 15) is 5.11 Å². The van der Waals surface area contributed by atoms with Gasteiger partial charge in [-0.1, -0.05) is 24.3 Å². The first kappa shape index (κ1) is 11.8. The summed E-state index contributed by atoms with van der Waals surface area (Å²) in [5, 5.41) is 9.35. The van der Waals surface area contributed by atoms with Crippen molar-refractivity contribution >= 4 is 11.2 Å². The largest absolute Gasteiger partial charge is 0.393 e. The molecule has 2 aromatic heterocycles. The number of hydrogen-bond acceptors (Lipinski definition) is 4. The van der Waals surface area contributed by atoms with Crippen molar-refractivity contribution in [2.45, 2.75) is 19.4 Å². The standard InChI is InChI=1S/C14H14N4O/c1-9(19)6-10-2-4-11(5-3-10)13-17-12-7-15-8-16-14(12)18-13/h2-5,7-9,19H,6H2,1H3,(H,15,16,17,18). The number of fused-ring (bicyclic) bond motifs is 1. The van der Waals surface area contributed by atoms with Crippen LogP contribution in [0.3, 0.4) is 0 Å². The Morgan fingerprint density at radius 3 is 2.74 bits per heavy atom. The molecule has 1 unspecified atom stereocenters. The molecule has 2 N–H and O–H groups in total. The summed E-state index contributed by atoms with van der Waals surface area (Å²) in [7, 11) is 0. The van der Waals surface area contributed by atoms with Crippen molar-refractivity contribution in [1.82, 2.24) is 19.9 Å². The van der Waals surface area contributed by atoms with Crippen LogP contribution in [0.25, 0.3) is 22.6 Å². The van der Waals surface area contributed by atoms with Crippen molar-refractivity contribution in [1.29, 1.82) is 0 Å². The van der Waals surface area contributed by atoms with Crippen LogP contribution in [0.2, 0.25) is 0 Å². The number of nitrogens with zero attached hydrogens (tertiary/aromatic N) is 3. The summed E-state index contributed by atoms with van der Waals surface area (Å²) >= 11 is 0. The smallest absolute Gasteiger partial charge is 0.181 e. The van der Waals surface area contributed by atoms with Gasteiger partial charge in [0.25, 0.3) is 0 Å². The number of benzene rings is 1. The monoisotopic (exact) mass is 254 g/mol. The summed E-state index contributed by atoms with van der Waals surface area (Å²) < 4.78 is 0. The molecule has 0 aliphatic heterocycles. The van der Waals surface area contributed by atoms with Crippen molar-refractivity contribution in [2.24, 2.45) is 0 Å². The van der Waals surface area contributed by atoms with Crippen LogP contribution < -0.4 is 0 Å². The van der Waals surface area contributed by atoms with Crippen LogP contribution in [0.15, 0.2) is 36.8 Å². The lowest BCUT2D eigenvalue weighted by atomic mass is 10.1. The molecule has 0 amide bonds. The Bertz CT molecular complexity index is 655. The first-order valence-corrected chi connectivity index (χ1v) is 6.15. The number of imidazole rings is 1. The molecular weight excluding hydrogens is 240 g/mol. The Morgan fingerprint density at radius 1 is 1.26 bits per heavy atom. The molecule has 0 spiro atoms. The maximum Gasteiger partial charge on any atom is 0.181 e. The molecule has 1 atom stereocenters.